The Morgan fingerprint density at radius 2 is 1.83 bits per heavy atom. The first-order valence-electron chi connectivity index (χ1n) is 9.67. The van der Waals surface area contributed by atoms with Crippen molar-refractivity contribution in [1.82, 2.24) is 9.88 Å². The monoisotopic (exact) mass is 430 g/mol. The van der Waals surface area contributed by atoms with Crippen molar-refractivity contribution < 1.29 is 14.3 Å². The van der Waals surface area contributed by atoms with Crippen LogP contribution in [0.4, 0.5) is 0 Å². The molecule has 152 valence electrons. The smallest absolute Gasteiger partial charge is 0.274 e. The maximum Gasteiger partial charge on any atom is 0.274 e. The minimum atomic E-state index is -0.950. The molecule has 3 aromatic rings. The summed E-state index contributed by atoms with van der Waals surface area (Å²) in [6.07, 6.45) is 1.62. The van der Waals surface area contributed by atoms with Gasteiger partial charge in [0, 0.05) is 31.0 Å². The second kappa shape index (κ2) is 8.20. The van der Waals surface area contributed by atoms with E-state index < -0.39 is 5.60 Å². The summed E-state index contributed by atoms with van der Waals surface area (Å²) in [5.41, 5.74) is 0.00961. The van der Waals surface area contributed by atoms with Crippen LogP contribution in [0, 0.1) is 0 Å². The van der Waals surface area contributed by atoms with Crippen LogP contribution in [0.25, 0.3) is 10.2 Å². The number of rotatable bonds is 5. The van der Waals surface area contributed by atoms with Crippen LogP contribution in [0.15, 0.2) is 48.5 Å². The van der Waals surface area contributed by atoms with Gasteiger partial charge in [0.15, 0.2) is 5.60 Å². The molecule has 29 heavy (non-hydrogen) atoms. The molecule has 1 amide bonds. The molecule has 0 atom stereocenters. The van der Waals surface area contributed by atoms with Crippen LogP contribution in [-0.4, -0.2) is 40.6 Å². The van der Waals surface area contributed by atoms with Gasteiger partial charge in [-0.1, -0.05) is 35.1 Å². The molecular weight excluding hydrogens is 408 g/mol. The molecule has 0 aliphatic carbocycles. The second-order valence-corrected chi connectivity index (χ2v) is 9.05. The molecule has 1 aliphatic rings. The Morgan fingerprint density at radius 3 is 2.52 bits per heavy atom. The molecular formula is C22H23ClN2O3S. The third-order valence-corrected chi connectivity index (χ3v) is 6.15. The van der Waals surface area contributed by atoms with Crippen molar-refractivity contribution in [2.45, 2.75) is 38.4 Å². The molecule has 1 aromatic heterocycles. The first-order chi connectivity index (χ1) is 13.9. The fourth-order valence-electron chi connectivity index (χ4n) is 3.44. The zero-order valence-electron chi connectivity index (χ0n) is 16.4. The van der Waals surface area contributed by atoms with Gasteiger partial charge >= 0.3 is 0 Å². The molecule has 0 unspecified atom stereocenters. The van der Waals surface area contributed by atoms with Gasteiger partial charge < -0.3 is 14.4 Å². The highest BCUT2D eigenvalue weighted by molar-refractivity contribution is 7.20. The minimum Gasteiger partial charge on any atom is -0.478 e. The molecule has 2 heterocycles. The number of amides is 1. The van der Waals surface area contributed by atoms with Crippen molar-refractivity contribution in [2.75, 3.05) is 13.1 Å². The van der Waals surface area contributed by atoms with E-state index in [1.807, 2.05) is 29.2 Å². The molecule has 1 saturated heterocycles. The van der Waals surface area contributed by atoms with Gasteiger partial charge in [0.05, 0.1) is 10.2 Å². The van der Waals surface area contributed by atoms with Crippen molar-refractivity contribution in [3.05, 3.63) is 53.6 Å². The van der Waals surface area contributed by atoms with E-state index in [1.165, 1.54) is 0 Å². The van der Waals surface area contributed by atoms with Gasteiger partial charge in [-0.05, 0) is 50.2 Å². The number of aromatic nitrogens is 1. The standard InChI is InChI=1S/C22H23ClN2O3S/c1-22(2,28-17-9-7-15(23)8-10-17)20(26)25-13-11-16(12-14-25)27-21-24-18-5-3-4-6-19(18)29-21/h3-10,16H,11-14H2,1-2H3. The Morgan fingerprint density at radius 1 is 1.14 bits per heavy atom. The van der Waals surface area contributed by atoms with E-state index in [4.69, 9.17) is 21.1 Å². The normalized spacial score (nSPS) is 15.5. The maximum absolute atomic E-state index is 13.0. The van der Waals surface area contributed by atoms with Gasteiger partial charge in [0.2, 0.25) is 0 Å². The maximum atomic E-state index is 13.0. The molecule has 4 rings (SSSR count). The van der Waals surface area contributed by atoms with Crippen molar-refractivity contribution in [3.8, 4) is 10.9 Å². The van der Waals surface area contributed by atoms with Crippen LogP contribution in [-0.2, 0) is 4.79 Å². The summed E-state index contributed by atoms with van der Waals surface area (Å²) < 4.78 is 13.1. The molecule has 0 spiro atoms. The zero-order valence-corrected chi connectivity index (χ0v) is 18.0. The molecule has 0 saturated carbocycles. The van der Waals surface area contributed by atoms with Crippen LogP contribution in [0.5, 0.6) is 10.9 Å². The summed E-state index contributed by atoms with van der Waals surface area (Å²) in [7, 11) is 0. The van der Waals surface area contributed by atoms with Gasteiger partial charge in [-0.2, -0.15) is 0 Å². The second-order valence-electron chi connectivity index (χ2n) is 7.62. The number of hydrogen-bond donors (Lipinski definition) is 0. The number of fused-ring (bicyclic) bond motifs is 1. The van der Waals surface area contributed by atoms with Crippen LogP contribution >= 0.6 is 22.9 Å². The zero-order chi connectivity index (χ0) is 20.4. The first-order valence-corrected chi connectivity index (χ1v) is 10.9. The number of para-hydroxylation sites is 1. The average Bonchev–Trinajstić information content (AvgIpc) is 3.12. The van der Waals surface area contributed by atoms with Gasteiger partial charge in [0.25, 0.3) is 11.1 Å². The van der Waals surface area contributed by atoms with E-state index in [1.54, 1.807) is 49.4 Å². The van der Waals surface area contributed by atoms with Crippen molar-refractivity contribution in [1.29, 1.82) is 0 Å². The minimum absolute atomic E-state index is 0.0223. The third-order valence-electron chi connectivity index (χ3n) is 4.97. The number of piperidine rings is 1. The van der Waals surface area contributed by atoms with E-state index in [9.17, 15) is 4.79 Å². The Labute approximate surface area is 179 Å². The van der Waals surface area contributed by atoms with Crippen LogP contribution < -0.4 is 9.47 Å². The molecule has 1 aliphatic heterocycles. The van der Waals surface area contributed by atoms with Gasteiger partial charge in [-0.15, -0.1) is 0 Å². The van der Waals surface area contributed by atoms with Crippen molar-refractivity contribution >= 4 is 39.1 Å². The summed E-state index contributed by atoms with van der Waals surface area (Å²) in [5.74, 6) is 0.604. The molecule has 0 bridgehead atoms. The third kappa shape index (κ3) is 4.65. The predicted molar refractivity (Wildman–Crippen MR) is 116 cm³/mol. The summed E-state index contributed by atoms with van der Waals surface area (Å²) in [6, 6.07) is 15.1. The van der Waals surface area contributed by atoms with Gasteiger partial charge in [0.1, 0.15) is 11.9 Å². The Balaban J connectivity index is 1.33. The molecule has 5 nitrogen and oxygen atoms in total. The summed E-state index contributed by atoms with van der Waals surface area (Å²) >= 11 is 7.48. The fraction of sp³-hybridized carbons (Fsp3) is 0.364. The van der Waals surface area contributed by atoms with Gasteiger partial charge in [-0.3, -0.25) is 4.79 Å². The molecule has 7 heteroatoms. The number of ether oxygens (including phenoxy) is 2. The number of likely N-dealkylation sites (tertiary alicyclic amines) is 1. The first kappa shape index (κ1) is 20.0. The predicted octanol–water partition coefficient (Wildman–Crippen LogP) is 5.18. The number of hydrogen-bond acceptors (Lipinski definition) is 5. The average molecular weight is 431 g/mol. The number of halogens is 1. The summed E-state index contributed by atoms with van der Waals surface area (Å²) in [4.78, 5) is 19.4. The molecule has 0 N–H and O–H groups in total. The van der Waals surface area contributed by atoms with E-state index in [2.05, 4.69) is 4.98 Å². The molecule has 2 aromatic carbocycles. The Kier molecular flexibility index (Phi) is 5.65. The largest absolute Gasteiger partial charge is 0.478 e. The van der Waals surface area contributed by atoms with Crippen molar-refractivity contribution in [3.63, 3.8) is 0 Å². The SMILES string of the molecule is CC(C)(Oc1ccc(Cl)cc1)C(=O)N1CCC(Oc2nc3ccccc3s2)CC1. The number of carbonyl (C=O) groups is 1. The lowest BCUT2D eigenvalue weighted by atomic mass is 10.0. The van der Waals surface area contributed by atoms with Crippen LogP contribution in [0.3, 0.4) is 0 Å². The number of benzene rings is 2. The number of carbonyl (C=O) groups excluding carboxylic acids is 1. The van der Waals surface area contributed by atoms with E-state index in [-0.39, 0.29) is 12.0 Å². The highest BCUT2D eigenvalue weighted by Gasteiger charge is 2.36. The lowest BCUT2D eigenvalue weighted by Crippen LogP contribution is -2.52. The Bertz CT molecular complexity index is 962. The quantitative estimate of drug-likeness (QED) is 0.559. The molecule has 0 radical (unpaired) electrons. The van der Waals surface area contributed by atoms with Crippen LogP contribution in [0.2, 0.25) is 5.02 Å². The molecule has 1 fully saturated rings. The van der Waals surface area contributed by atoms with E-state index >= 15 is 0 Å². The summed E-state index contributed by atoms with van der Waals surface area (Å²) in [6.45, 7) is 4.88. The highest BCUT2D eigenvalue weighted by atomic mass is 35.5. The van der Waals surface area contributed by atoms with E-state index in [0.717, 1.165) is 23.1 Å². The number of nitrogens with zero attached hydrogens (tertiary/aromatic N) is 2. The summed E-state index contributed by atoms with van der Waals surface area (Å²) in [5, 5.41) is 1.33. The highest BCUT2D eigenvalue weighted by Crippen LogP contribution is 2.30. The van der Waals surface area contributed by atoms with E-state index in [0.29, 0.717) is 29.1 Å². The Hall–Kier alpha value is -2.31. The van der Waals surface area contributed by atoms with Crippen LogP contribution in [0.1, 0.15) is 26.7 Å². The topological polar surface area (TPSA) is 51.7 Å². The lowest BCUT2D eigenvalue weighted by molar-refractivity contribution is -0.147. The van der Waals surface area contributed by atoms with Gasteiger partial charge in [-0.25, -0.2) is 4.98 Å². The fourth-order valence-corrected chi connectivity index (χ4v) is 4.45. The lowest BCUT2D eigenvalue weighted by Gasteiger charge is -2.36. The van der Waals surface area contributed by atoms with Crippen molar-refractivity contribution in [2.24, 2.45) is 0 Å². The number of thiazole rings is 1.